The molecule has 0 fully saturated rings. The van der Waals surface area contributed by atoms with Crippen molar-refractivity contribution in [1.29, 1.82) is 0 Å². The summed E-state index contributed by atoms with van der Waals surface area (Å²) in [6, 6.07) is 18.7. The summed E-state index contributed by atoms with van der Waals surface area (Å²) in [7, 11) is 1.57. The van der Waals surface area contributed by atoms with Crippen LogP contribution in [0, 0.1) is 0 Å². The first-order valence-electron chi connectivity index (χ1n) is 7.56. The third-order valence-electron chi connectivity index (χ3n) is 3.52. The second-order valence-corrected chi connectivity index (χ2v) is 5.17. The van der Waals surface area contributed by atoms with Crippen molar-refractivity contribution in [2.24, 2.45) is 0 Å². The first-order chi connectivity index (χ1) is 11.8. The number of ether oxygens (including phenoxy) is 1. The van der Waals surface area contributed by atoms with Gasteiger partial charge < -0.3 is 10.1 Å². The van der Waals surface area contributed by atoms with Gasteiger partial charge in [-0.2, -0.15) is 0 Å². The van der Waals surface area contributed by atoms with Gasteiger partial charge >= 0.3 is 0 Å². The number of carbonyl (C=O) groups is 1. The number of carbonyl (C=O) groups excluding carboxylic acids is 1. The van der Waals surface area contributed by atoms with E-state index in [0.29, 0.717) is 23.8 Å². The van der Waals surface area contributed by atoms with Crippen LogP contribution in [-0.2, 0) is 6.54 Å². The van der Waals surface area contributed by atoms with Gasteiger partial charge in [0.15, 0.2) is 0 Å². The highest BCUT2D eigenvalue weighted by molar-refractivity contribution is 5.92. The lowest BCUT2D eigenvalue weighted by Crippen LogP contribution is -2.23. The van der Waals surface area contributed by atoms with Crippen LogP contribution in [-0.4, -0.2) is 23.0 Å². The largest absolute Gasteiger partial charge is 0.481 e. The molecule has 0 aliphatic carbocycles. The molecule has 3 aromatic rings. The first-order valence-corrected chi connectivity index (χ1v) is 7.56. The number of nitrogens with zero attached hydrogens (tertiary/aromatic N) is 2. The highest BCUT2D eigenvalue weighted by Gasteiger charge is 2.09. The number of methoxy groups -OCH3 is 1. The first kappa shape index (κ1) is 15.7. The maximum absolute atomic E-state index is 12.3. The Bertz CT molecular complexity index is 818. The van der Waals surface area contributed by atoms with Crippen molar-refractivity contribution in [1.82, 2.24) is 15.3 Å². The third-order valence-corrected chi connectivity index (χ3v) is 3.52. The number of pyridine rings is 2. The number of hydrogen-bond donors (Lipinski definition) is 1. The predicted octanol–water partition coefficient (Wildman–Crippen LogP) is 3.08. The van der Waals surface area contributed by atoms with Crippen LogP contribution in [0.5, 0.6) is 5.88 Å². The van der Waals surface area contributed by atoms with Crippen molar-refractivity contribution >= 4 is 5.91 Å². The maximum Gasteiger partial charge on any atom is 0.270 e. The molecule has 0 unspecified atom stereocenters. The van der Waals surface area contributed by atoms with E-state index in [1.807, 2.05) is 48.5 Å². The summed E-state index contributed by atoms with van der Waals surface area (Å²) in [5.74, 6) is 0.331. The van der Waals surface area contributed by atoms with Crippen LogP contribution < -0.4 is 10.1 Å². The Kier molecular flexibility index (Phi) is 4.81. The molecule has 1 aromatic carbocycles. The van der Waals surface area contributed by atoms with Crippen molar-refractivity contribution < 1.29 is 9.53 Å². The van der Waals surface area contributed by atoms with E-state index in [2.05, 4.69) is 15.3 Å². The van der Waals surface area contributed by atoms with Crippen molar-refractivity contribution in [3.8, 4) is 17.1 Å². The molecular formula is C19H17N3O2. The van der Waals surface area contributed by atoms with Gasteiger partial charge in [0.2, 0.25) is 5.88 Å². The molecule has 0 saturated heterocycles. The van der Waals surface area contributed by atoms with Gasteiger partial charge in [-0.1, -0.05) is 36.4 Å². The Morgan fingerprint density at radius 2 is 1.88 bits per heavy atom. The summed E-state index contributed by atoms with van der Waals surface area (Å²) < 4.78 is 5.05. The zero-order chi connectivity index (χ0) is 16.8. The Balaban J connectivity index is 1.73. The van der Waals surface area contributed by atoms with Gasteiger partial charge in [-0.3, -0.25) is 4.79 Å². The van der Waals surface area contributed by atoms with E-state index in [-0.39, 0.29) is 5.91 Å². The van der Waals surface area contributed by atoms with Gasteiger partial charge in [0, 0.05) is 24.4 Å². The molecule has 1 N–H and O–H groups in total. The molecule has 0 saturated carbocycles. The van der Waals surface area contributed by atoms with Crippen molar-refractivity contribution in [3.63, 3.8) is 0 Å². The van der Waals surface area contributed by atoms with E-state index >= 15 is 0 Å². The second kappa shape index (κ2) is 7.37. The second-order valence-electron chi connectivity index (χ2n) is 5.17. The van der Waals surface area contributed by atoms with Crippen molar-refractivity contribution in [3.05, 3.63) is 78.1 Å². The molecule has 0 aliphatic heterocycles. The molecule has 3 rings (SSSR count). The summed E-state index contributed by atoms with van der Waals surface area (Å²) in [6.07, 6.45) is 1.67. The minimum atomic E-state index is -0.206. The summed E-state index contributed by atoms with van der Waals surface area (Å²) in [5.41, 5.74) is 2.94. The molecule has 5 heteroatoms. The fourth-order valence-electron chi connectivity index (χ4n) is 2.24. The fourth-order valence-corrected chi connectivity index (χ4v) is 2.24. The van der Waals surface area contributed by atoms with Gasteiger partial charge in [-0.25, -0.2) is 9.97 Å². The lowest BCUT2D eigenvalue weighted by atomic mass is 10.1. The van der Waals surface area contributed by atoms with Crippen molar-refractivity contribution in [2.75, 3.05) is 7.11 Å². The zero-order valence-corrected chi connectivity index (χ0v) is 13.3. The number of rotatable bonds is 5. The maximum atomic E-state index is 12.3. The number of benzene rings is 1. The van der Waals surface area contributed by atoms with E-state index in [1.54, 1.807) is 25.4 Å². The standard InChI is InChI=1S/C19H17N3O2/c1-24-18-11-10-15(13-20-18)16-8-5-9-17(22-16)19(23)21-12-14-6-3-2-4-7-14/h2-11,13H,12H2,1H3,(H,21,23). The summed E-state index contributed by atoms with van der Waals surface area (Å²) in [5, 5.41) is 2.88. The number of hydrogen-bond acceptors (Lipinski definition) is 4. The highest BCUT2D eigenvalue weighted by atomic mass is 16.5. The molecule has 24 heavy (non-hydrogen) atoms. The third kappa shape index (κ3) is 3.76. The van der Waals surface area contributed by atoms with Crippen LogP contribution in [0.2, 0.25) is 0 Å². The minimum absolute atomic E-state index is 0.206. The molecule has 0 aliphatic rings. The fraction of sp³-hybridized carbons (Fsp3) is 0.105. The summed E-state index contributed by atoms with van der Waals surface area (Å²) >= 11 is 0. The molecule has 1 amide bonds. The lowest BCUT2D eigenvalue weighted by molar-refractivity contribution is 0.0946. The molecule has 5 nitrogen and oxygen atoms in total. The number of nitrogens with one attached hydrogen (secondary N) is 1. The van der Waals surface area contributed by atoms with Gasteiger partial charge in [-0.05, 0) is 23.8 Å². The van der Waals surface area contributed by atoms with Gasteiger partial charge in [-0.15, -0.1) is 0 Å². The normalized spacial score (nSPS) is 10.2. The molecule has 0 bridgehead atoms. The summed E-state index contributed by atoms with van der Waals surface area (Å²) in [6.45, 7) is 0.468. The van der Waals surface area contributed by atoms with Gasteiger partial charge in [0.05, 0.1) is 12.8 Å². The van der Waals surface area contributed by atoms with Crippen LogP contribution in [0.15, 0.2) is 66.9 Å². The topological polar surface area (TPSA) is 64.1 Å². The Hall–Kier alpha value is -3.21. The average Bonchev–Trinajstić information content (AvgIpc) is 2.67. The average molecular weight is 319 g/mol. The molecular weight excluding hydrogens is 302 g/mol. The molecule has 120 valence electrons. The van der Waals surface area contributed by atoms with Crippen LogP contribution in [0.25, 0.3) is 11.3 Å². The monoisotopic (exact) mass is 319 g/mol. The minimum Gasteiger partial charge on any atom is -0.481 e. The quantitative estimate of drug-likeness (QED) is 0.785. The van der Waals surface area contributed by atoms with E-state index in [4.69, 9.17) is 4.74 Å². The van der Waals surface area contributed by atoms with E-state index < -0.39 is 0 Å². The number of amides is 1. The van der Waals surface area contributed by atoms with E-state index in [9.17, 15) is 4.79 Å². The van der Waals surface area contributed by atoms with Gasteiger partial charge in [0.25, 0.3) is 5.91 Å². The summed E-state index contributed by atoms with van der Waals surface area (Å²) in [4.78, 5) is 20.9. The SMILES string of the molecule is COc1ccc(-c2cccc(C(=O)NCc3ccccc3)n2)cn1. The molecule has 0 spiro atoms. The van der Waals surface area contributed by atoms with Crippen LogP contribution >= 0.6 is 0 Å². The Morgan fingerprint density at radius 3 is 2.58 bits per heavy atom. The Morgan fingerprint density at radius 1 is 1.04 bits per heavy atom. The Labute approximate surface area is 140 Å². The molecule has 0 atom stereocenters. The smallest absolute Gasteiger partial charge is 0.270 e. The van der Waals surface area contributed by atoms with Crippen LogP contribution in [0.3, 0.4) is 0 Å². The predicted molar refractivity (Wildman–Crippen MR) is 91.6 cm³/mol. The number of aromatic nitrogens is 2. The van der Waals surface area contributed by atoms with E-state index in [1.165, 1.54) is 0 Å². The van der Waals surface area contributed by atoms with E-state index in [0.717, 1.165) is 11.1 Å². The molecule has 0 radical (unpaired) electrons. The highest BCUT2D eigenvalue weighted by Crippen LogP contribution is 2.18. The molecule has 2 aromatic heterocycles. The van der Waals surface area contributed by atoms with Gasteiger partial charge in [0.1, 0.15) is 5.69 Å². The zero-order valence-electron chi connectivity index (χ0n) is 13.3. The lowest BCUT2D eigenvalue weighted by Gasteiger charge is -2.07. The molecule has 2 heterocycles. The van der Waals surface area contributed by atoms with Crippen LogP contribution in [0.1, 0.15) is 16.1 Å². The van der Waals surface area contributed by atoms with Crippen molar-refractivity contribution in [2.45, 2.75) is 6.54 Å². The van der Waals surface area contributed by atoms with Crippen LogP contribution in [0.4, 0.5) is 0 Å².